The summed E-state index contributed by atoms with van der Waals surface area (Å²) in [5, 5.41) is 12.7. The molecule has 2 N–H and O–H groups in total. The lowest BCUT2D eigenvalue weighted by atomic mass is 9.92. The van der Waals surface area contributed by atoms with Gasteiger partial charge in [0.1, 0.15) is 5.54 Å². The maximum Gasteiger partial charge on any atom is 0.323 e. The van der Waals surface area contributed by atoms with Crippen LogP contribution in [0, 0.1) is 0 Å². The number of rotatable bonds is 7. The Morgan fingerprint density at radius 1 is 1.52 bits per heavy atom. The number of hydrogen-bond acceptors (Lipinski definition) is 3. The Morgan fingerprint density at radius 2 is 2.24 bits per heavy atom. The molecule has 0 bridgehead atoms. The van der Waals surface area contributed by atoms with Crippen LogP contribution in [0.25, 0.3) is 0 Å². The van der Waals surface area contributed by atoms with Gasteiger partial charge in [-0.3, -0.25) is 4.79 Å². The monoisotopic (exact) mass is 293 g/mol. The zero-order valence-corrected chi connectivity index (χ0v) is 13.4. The first kappa shape index (κ1) is 16.0. The van der Waals surface area contributed by atoms with E-state index in [1.807, 2.05) is 13.3 Å². The molecule has 1 aromatic rings. The van der Waals surface area contributed by atoms with Crippen LogP contribution in [0.5, 0.6) is 0 Å². The number of aryl methyl sites for hydroxylation is 1. The highest BCUT2D eigenvalue weighted by Gasteiger charge is 2.35. The molecule has 0 radical (unpaired) electrons. The van der Waals surface area contributed by atoms with Crippen molar-refractivity contribution >= 4 is 5.97 Å². The van der Waals surface area contributed by atoms with E-state index in [1.54, 1.807) is 6.92 Å². The van der Waals surface area contributed by atoms with E-state index in [0.29, 0.717) is 6.42 Å². The molecule has 0 aromatic carbocycles. The molecule has 2 atom stereocenters. The third-order valence-electron chi connectivity index (χ3n) is 4.48. The molecule has 0 amide bonds. The number of aliphatic carboxylic acids is 1. The van der Waals surface area contributed by atoms with Crippen LogP contribution in [0.2, 0.25) is 0 Å². The van der Waals surface area contributed by atoms with Crippen LogP contribution in [-0.4, -0.2) is 32.7 Å². The molecular formula is C16H27N3O2. The number of carboxylic acid groups (broad SMARTS) is 1. The lowest BCUT2D eigenvalue weighted by Gasteiger charge is -2.30. The van der Waals surface area contributed by atoms with E-state index >= 15 is 0 Å². The van der Waals surface area contributed by atoms with Crippen molar-refractivity contribution in [3.05, 3.63) is 17.7 Å². The minimum absolute atomic E-state index is 0.129. The number of nitrogens with one attached hydrogen (secondary N) is 1. The van der Waals surface area contributed by atoms with Gasteiger partial charge >= 0.3 is 5.97 Å². The molecule has 1 aliphatic carbocycles. The molecule has 5 heteroatoms. The van der Waals surface area contributed by atoms with Gasteiger partial charge in [-0.15, -0.1) is 0 Å². The first-order valence-corrected chi connectivity index (χ1v) is 8.01. The van der Waals surface area contributed by atoms with Crippen molar-refractivity contribution in [3.8, 4) is 0 Å². The zero-order valence-electron chi connectivity index (χ0n) is 13.4. The Kier molecular flexibility index (Phi) is 5.04. The maximum absolute atomic E-state index is 11.6. The quantitative estimate of drug-likeness (QED) is 0.811. The van der Waals surface area contributed by atoms with Crippen molar-refractivity contribution in [1.82, 2.24) is 14.9 Å². The van der Waals surface area contributed by atoms with E-state index in [1.165, 1.54) is 24.2 Å². The average Bonchev–Trinajstić information content (AvgIpc) is 2.89. The van der Waals surface area contributed by atoms with Crippen molar-refractivity contribution in [1.29, 1.82) is 0 Å². The van der Waals surface area contributed by atoms with Gasteiger partial charge in [0.2, 0.25) is 0 Å². The normalized spacial score (nSPS) is 18.8. The number of carboxylic acids is 1. The second-order valence-corrected chi connectivity index (χ2v) is 6.37. The molecular weight excluding hydrogens is 266 g/mol. The van der Waals surface area contributed by atoms with Crippen LogP contribution in [0.1, 0.15) is 63.9 Å². The van der Waals surface area contributed by atoms with Gasteiger partial charge in [-0.1, -0.05) is 6.92 Å². The topological polar surface area (TPSA) is 67.2 Å². The molecule has 2 rings (SSSR count). The van der Waals surface area contributed by atoms with Crippen LogP contribution in [-0.2, 0) is 17.6 Å². The fraction of sp³-hybridized carbons (Fsp3) is 0.750. The number of nitrogens with zero attached hydrogens (tertiary/aromatic N) is 2. The van der Waals surface area contributed by atoms with Gasteiger partial charge in [-0.25, -0.2) is 4.98 Å². The molecule has 0 fully saturated rings. The fourth-order valence-electron chi connectivity index (χ4n) is 3.20. The summed E-state index contributed by atoms with van der Waals surface area (Å²) in [5.74, 6) is -0.781. The van der Waals surface area contributed by atoms with Gasteiger partial charge in [0.25, 0.3) is 0 Å². The summed E-state index contributed by atoms with van der Waals surface area (Å²) in [6, 6.07) is 0.129. The lowest BCUT2D eigenvalue weighted by molar-refractivity contribution is -0.144. The highest BCUT2D eigenvalue weighted by Crippen LogP contribution is 2.27. The number of aromatic nitrogens is 2. The molecule has 2 unspecified atom stereocenters. The summed E-state index contributed by atoms with van der Waals surface area (Å²) in [4.78, 5) is 16.1. The van der Waals surface area contributed by atoms with Crippen molar-refractivity contribution in [2.75, 3.05) is 6.54 Å². The van der Waals surface area contributed by atoms with Gasteiger partial charge in [0.15, 0.2) is 0 Å². The number of fused-ring (bicyclic) bond motifs is 1. The molecule has 0 saturated heterocycles. The number of imidazole rings is 1. The first-order chi connectivity index (χ1) is 9.98. The second kappa shape index (κ2) is 6.60. The van der Waals surface area contributed by atoms with Crippen LogP contribution in [0.4, 0.5) is 0 Å². The fourth-order valence-corrected chi connectivity index (χ4v) is 3.20. The molecule has 0 spiro atoms. The van der Waals surface area contributed by atoms with Crippen LogP contribution in [0.3, 0.4) is 0 Å². The Bertz CT molecular complexity index is 498. The molecule has 1 aliphatic rings. The summed E-state index contributed by atoms with van der Waals surface area (Å²) in [5.41, 5.74) is 1.62. The van der Waals surface area contributed by atoms with Crippen LogP contribution >= 0.6 is 0 Å². The zero-order chi connectivity index (χ0) is 15.5. The SMILES string of the molecule is CCCNC(C)(CC(C)n1cnc2c1CCCC2)C(=O)O. The average molecular weight is 293 g/mol. The predicted octanol–water partition coefficient (Wildman–Crippen LogP) is 2.56. The van der Waals surface area contributed by atoms with Crippen LogP contribution in [0.15, 0.2) is 6.33 Å². The van der Waals surface area contributed by atoms with Crippen LogP contribution < -0.4 is 5.32 Å². The van der Waals surface area contributed by atoms with E-state index < -0.39 is 11.5 Å². The summed E-state index contributed by atoms with van der Waals surface area (Å²) >= 11 is 0. The largest absolute Gasteiger partial charge is 0.480 e. The molecule has 1 heterocycles. The second-order valence-electron chi connectivity index (χ2n) is 6.37. The van der Waals surface area contributed by atoms with E-state index in [2.05, 4.69) is 21.8 Å². The molecule has 5 nitrogen and oxygen atoms in total. The van der Waals surface area contributed by atoms with E-state index in [-0.39, 0.29) is 6.04 Å². The molecule has 0 aliphatic heterocycles. The van der Waals surface area contributed by atoms with Gasteiger partial charge in [0, 0.05) is 11.7 Å². The van der Waals surface area contributed by atoms with Gasteiger partial charge < -0.3 is 15.0 Å². The Labute approximate surface area is 126 Å². The third kappa shape index (κ3) is 3.46. The highest BCUT2D eigenvalue weighted by atomic mass is 16.4. The summed E-state index contributed by atoms with van der Waals surface area (Å²) in [6.07, 6.45) is 7.91. The van der Waals surface area contributed by atoms with Crippen molar-refractivity contribution < 1.29 is 9.90 Å². The van der Waals surface area contributed by atoms with E-state index in [9.17, 15) is 9.90 Å². The van der Waals surface area contributed by atoms with Gasteiger partial charge in [-0.05, 0) is 58.9 Å². The summed E-state index contributed by atoms with van der Waals surface area (Å²) in [6.45, 7) is 6.64. The van der Waals surface area contributed by atoms with Gasteiger partial charge in [-0.2, -0.15) is 0 Å². The van der Waals surface area contributed by atoms with Gasteiger partial charge in [0.05, 0.1) is 12.0 Å². The van der Waals surface area contributed by atoms with E-state index in [4.69, 9.17) is 0 Å². The Hall–Kier alpha value is -1.36. The third-order valence-corrected chi connectivity index (χ3v) is 4.48. The number of carbonyl (C=O) groups is 1. The highest BCUT2D eigenvalue weighted by molar-refractivity contribution is 5.78. The standard InChI is InChI=1S/C16H27N3O2/c1-4-9-18-16(3,15(20)21)10-12(2)19-11-17-13-7-5-6-8-14(13)19/h11-12,18H,4-10H2,1-3H3,(H,20,21). The summed E-state index contributed by atoms with van der Waals surface area (Å²) < 4.78 is 2.18. The first-order valence-electron chi connectivity index (χ1n) is 8.01. The minimum Gasteiger partial charge on any atom is -0.480 e. The summed E-state index contributed by atoms with van der Waals surface area (Å²) in [7, 11) is 0. The number of hydrogen-bond donors (Lipinski definition) is 2. The van der Waals surface area contributed by atoms with E-state index in [0.717, 1.165) is 25.8 Å². The van der Waals surface area contributed by atoms with Crippen molar-refractivity contribution in [2.45, 2.75) is 70.9 Å². The smallest absolute Gasteiger partial charge is 0.323 e. The molecule has 118 valence electrons. The Morgan fingerprint density at radius 3 is 2.90 bits per heavy atom. The molecule has 1 aromatic heterocycles. The van der Waals surface area contributed by atoms with Crippen molar-refractivity contribution in [2.24, 2.45) is 0 Å². The lowest BCUT2D eigenvalue weighted by Crippen LogP contribution is -2.51. The molecule has 0 saturated carbocycles. The Balaban J connectivity index is 2.13. The van der Waals surface area contributed by atoms with Crippen molar-refractivity contribution in [3.63, 3.8) is 0 Å². The predicted molar refractivity (Wildman–Crippen MR) is 82.5 cm³/mol. The molecule has 21 heavy (non-hydrogen) atoms. The minimum atomic E-state index is -0.888. The maximum atomic E-state index is 11.6.